The second-order valence-corrected chi connectivity index (χ2v) is 5.54. The standard InChI is InChI=1S/C16H12BrF3N2O2/c17-12-5-7-13(8-6-12)24-10-15(23)22-21-9-11-3-1-2-4-14(11)16(18,19)20/h1-9H,10H2,(H,22,23)/b21-9+. The van der Waals surface area contributed by atoms with Crippen molar-refractivity contribution in [3.05, 3.63) is 64.1 Å². The molecule has 0 atom stereocenters. The van der Waals surface area contributed by atoms with Crippen molar-refractivity contribution in [2.75, 3.05) is 6.61 Å². The molecule has 0 aliphatic heterocycles. The van der Waals surface area contributed by atoms with E-state index in [0.717, 1.165) is 16.8 Å². The van der Waals surface area contributed by atoms with Gasteiger partial charge in [-0.25, -0.2) is 5.43 Å². The number of benzene rings is 2. The molecule has 0 aliphatic carbocycles. The Balaban J connectivity index is 1.90. The van der Waals surface area contributed by atoms with Gasteiger partial charge in [-0.2, -0.15) is 18.3 Å². The van der Waals surface area contributed by atoms with Crippen molar-refractivity contribution in [3.8, 4) is 5.75 Å². The predicted molar refractivity (Wildman–Crippen MR) is 86.8 cm³/mol. The smallest absolute Gasteiger partial charge is 0.417 e. The van der Waals surface area contributed by atoms with Crippen LogP contribution in [0.15, 0.2) is 58.1 Å². The van der Waals surface area contributed by atoms with Gasteiger partial charge in [-0.3, -0.25) is 4.79 Å². The van der Waals surface area contributed by atoms with Crippen LogP contribution in [0.4, 0.5) is 13.2 Å². The summed E-state index contributed by atoms with van der Waals surface area (Å²) in [6.07, 6.45) is -3.54. The highest BCUT2D eigenvalue weighted by Crippen LogP contribution is 2.31. The molecule has 4 nitrogen and oxygen atoms in total. The fourth-order valence-electron chi connectivity index (χ4n) is 1.75. The van der Waals surface area contributed by atoms with Crippen molar-refractivity contribution >= 4 is 28.1 Å². The van der Waals surface area contributed by atoms with Crippen molar-refractivity contribution in [1.29, 1.82) is 0 Å². The van der Waals surface area contributed by atoms with E-state index in [4.69, 9.17) is 4.74 Å². The number of nitrogens with one attached hydrogen (secondary N) is 1. The van der Waals surface area contributed by atoms with Crippen LogP contribution in [0.1, 0.15) is 11.1 Å². The summed E-state index contributed by atoms with van der Waals surface area (Å²) >= 11 is 3.27. The maximum Gasteiger partial charge on any atom is 0.417 e. The highest BCUT2D eigenvalue weighted by atomic mass is 79.9. The number of halogens is 4. The van der Waals surface area contributed by atoms with Gasteiger partial charge in [-0.15, -0.1) is 0 Å². The van der Waals surface area contributed by atoms with Crippen LogP contribution in [0.2, 0.25) is 0 Å². The minimum Gasteiger partial charge on any atom is -0.484 e. The molecule has 8 heteroatoms. The lowest BCUT2D eigenvalue weighted by Gasteiger charge is -2.09. The Labute approximate surface area is 144 Å². The molecule has 0 unspecified atom stereocenters. The maximum atomic E-state index is 12.8. The van der Waals surface area contributed by atoms with Crippen molar-refractivity contribution in [3.63, 3.8) is 0 Å². The van der Waals surface area contributed by atoms with Crippen LogP contribution >= 0.6 is 15.9 Å². The van der Waals surface area contributed by atoms with Crippen molar-refractivity contribution < 1.29 is 22.7 Å². The van der Waals surface area contributed by atoms with E-state index in [1.807, 2.05) is 0 Å². The number of carbonyl (C=O) groups excluding carboxylic acids is 1. The van der Waals surface area contributed by atoms with Crippen molar-refractivity contribution in [1.82, 2.24) is 5.43 Å². The third kappa shape index (κ3) is 5.38. The lowest BCUT2D eigenvalue weighted by atomic mass is 10.1. The van der Waals surface area contributed by atoms with Crippen LogP contribution < -0.4 is 10.2 Å². The molecule has 2 rings (SSSR count). The molecule has 0 spiro atoms. The molecule has 126 valence electrons. The lowest BCUT2D eigenvalue weighted by Crippen LogP contribution is -2.24. The summed E-state index contributed by atoms with van der Waals surface area (Å²) in [6, 6.07) is 11.8. The number of hydrazone groups is 1. The zero-order chi connectivity index (χ0) is 17.6. The van der Waals surface area contributed by atoms with Gasteiger partial charge in [0.1, 0.15) is 5.75 Å². The number of nitrogens with zero attached hydrogens (tertiary/aromatic N) is 1. The van der Waals surface area contributed by atoms with E-state index in [2.05, 4.69) is 26.5 Å². The molecule has 1 N–H and O–H groups in total. The van der Waals surface area contributed by atoms with E-state index in [1.54, 1.807) is 24.3 Å². The molecule has 2 aromatic rings. The van der Waals surface area contributed by atoms with Crippen molar-refractivity contribution in [2.24, 2.45) is 5.10 Å². The third-order valence-corrected chi connectivity index (χ3v) is 3.37. The van der Waals surface area contributed by atoms with Crippen molar-refractivity contribution in [2.45, 2.75) is 6.18 Å². The van der Waals surface area contributed by atoms with Crippen LogP contribution in [0.3, 0.4) is 0 Å². The molecular formula is C16H12BrF3N2O2. The Kier molecular flexibility index (Phi) is 5.97. The van der Waals surface area contributed by atoms with E-state index in [1.165, 1.54) is 18.2 Å². The number of hydrogen-bond acceptors (Lipinski definition) is 3. The Morgan fingerprint density at radius 1 is 1.17 bits per heavy atom. The summed E-state index contributed by atoms with van der Waals surface area (Å²) in [5.74, 6) is -0.0987. The van der Waals surface area contributed by atoms with Gasteiger partial charge in [0.15, 0.2) is 6.61 Å². The van der Waals surface area contributed by atoms with E-state index in [0.29, 0.717) is 5.75 Å². The van der Waals surface area contributed by atoms with Crippen LogP contribution in [0.5, 0.6) is 5.75 Å². The molecule has 1 amide bonds. The van der Waals surface area contributed by atoms with Gasteiger partial charge in [0, 0.05) is 10.0 Å². The summed E-state index contributed by atoms with van der Waals surface area (Å²) in [6.45, 7) is -0.306. The molecule has 0 radical (unpaired) electrons. The monoisotopic (exact) mass is 400 g/mol. The van der Waals surface area contributed by atoms with Gasteiger partial charge in [0.25, 0.3) is 5.91 Å². The molecule has 0 fully saturated rings. The predicted octanol–water partition coefficient (Wildman–Crippen LogP) is 4.00. The Hall–Kier alpha value is -2.35. The molecule has 2 aromatic carbocycles. The first-order valence-corrected chi connectivity index (χ1v) is 7.52. The first kappa shape index (κ1) is 18.0. The maximum absolute atomic E-state index is 12.8. The van der Waals surface area contributed by atoms with E-state index >= 15 is 0 Å². The number of ether oxygens (including phenoxy) is 1. The first-order valence-electron chi connectivity index (χ1n) is 6.73. The number of rotatable bonds is 5. The summed E-state index contributed by atoms with van der Waals surface area (Å²) < 4.78 is 44.5. The zero-order valence-electron chi connectivity index (χ0n) is 12.2. The molecule has 0 aromatic heterocycles. The second-order valence-electron chi connectivity index (χ2n) is 4.62. The minimum absolute atomic E-state index is 0.140. The third-order valence-electron chi connectivity index (χ3n) is 2.84. The van der Waals surface area contributed by atoms with Crippen LogP contribution in [-0.2, 0) is 11.0 Å². The highest BCUT2D eigenvalue weighted by Gasteiger charge is 2.32. The number of hydrogen-bond donors (Lipinski definition) is 1. The van der Waals surface area contributed by atoms with Crippen LogP contribution in [0, 0.1) is 0 Å². The lowest BCUT2D eigenvalue weighted by molar-refractivity contribution is -0.137. The van der Waals surface area contributed by atoms with Crippen LogP contribution in [0.25, 0.3) is 0 Å². The first-order chi connectivity index (χ1) is 11.4. The molecular weight excluding hydrogens is 389 g/mol. The molecule has 0 saturated heterocycles. The van der Waals surface area contributed by atoms with E-state index in [-0.39, 0.29) is 12.2 Å². The van der Waals surface area contributed by atoms with Gasteiger partial charge in [-0.05, 0) is 30.3 Å². The fourth-order valence-corrected chi connectivity index (χ4v) is 2.02. The van der Waals surface area contributed by atoms with Gasteiger partial charge in [0.05, 0.1) is 11.8 Å². The largest absolute Gasteiger partial charge is 0.484 e. The molecule has 0 saturated carbocycles. The molecule has 0 bridgehead atoms. The number of amides is 1. The van der Waals surface area contributed by atoms with Gasteiger partial charge >= 0.3 is 6.18 Å². The topological polar surface area (TPSA) is 50.7 Å². The quantitative estimate of drug-likeness (QED) is 0.609. The molecule has 24 heavy (non-hydrogen) atoms. The van der Waals surface area contributed by atoms with E-state index < -0.39 is 17.6 Å². The SMILES string of the molecule is O=C(COc1ccc(Br)cc1)N/N=C/c1ccccc1C(F)(F)F. The average molecular weight is 401 g/mol. The molecule has 0 aliphatic rings. The van der Waals surface area contributed by atoms with Gasteiger partial charge in [0.2, 0.25) is 0 Å². The highest BCUT2D eigenvalue weighted by molar-refractivity contribution is 9.10. The van der Waals surface area contributed by atoms with Gasteiger partial charge in [-0.1, -0.05) is 34.1 Å². The normalized spacial score (nSPS) is 11.5. The fraction of sp³-hybridized carbons (Fsp3) is 0.125. The molecule has 0 heterocycles. The Morgan fingerprint density at radius 3 is 2.50 bits per heavy atom. The van der Waals surface area contributed by atoms with Crippen LogP contribution in [-0.4, -0.2) is 18.7 Å². The number of alkyl halides is 3. The van der Waals surface area contributed by atoms with E-state index in [9.17, 15) is 18.0 Å². The second kappa shape index (κ2) is 7.96. The zero-order valence-corrected chi connectivity index (χ0v) is 13.8. The summed E-state index contributed by atoms with van der Waals surface area (Å²) in [7, 11) is 0. The summed E-state index contributed by atoms with van der Waals surface area (Å²) in [5.41, 5.74) is 1.16. The average Bonchev–Trinajstić information content (AvgIpc) is 2.54. The summed E-state index contributed by atoms with van der Waals surface area (Å²) in [5, 5.41) is 3.53. The summed E-state index contributed by atoms with van der Waals surface area (Å²) in [4.78, 5) is 11.6. The van der Waals surface area contributed by atoms with Gasteiger partial charge < -0.3 is 4.74 Å². The number of carbonyl (C=O) groups is 1. The Bertz CT molecular complexity index is 731. The minimum atomic E-state index is -4.49. The Morgan fingerprint density at radius 2 is 1.83 bits per heavy atom.